The van der Waals surface area contributed by atoms with Crippen LogP contribution >= 0.6 is 24.0 Å². The molecule has 0 saturated carbocycles. The first-order valence-corrected chi connectivity index (χ1v) is 9.90. The van der Waals surface area contributed by atoms with Gasteiger partial charge in [-0.25, -0.2) is 0 Å². The molecule has 154 valence electrons. The smallest absolute Gasteiger partial charge is 0.246 e. The lowest BCUT2D eigenvalue weighted by Crippen LogP contribution is -2.48. The number of aliphatic imine (C=N–C) groups is 1. The molecule has 7 heteroatoms. The van der Waals surface area contributed by atoms with Crippen LogP contribution in [0.15, 0.2) is 59.6 Å². The standard InChI is InChI=1S/C22H27N5O.HI/c1-23-22(25-18-12-13-26(16-18)19-8-3-2-4-9-19)24-15-21(28)27-14-11-17-7-5-6-10-20(17)27;/h2-10,18H,11-16H2,1H3,(H2,23,24,25);1H. The van der Waals surface area contributed by atoms with Crippen molar-refractivity contribution < 1.29 is 4.79 Å². The van der Waals surface area contributed by atoms with Crippen LogP contribution in [-0.4, -0.2) is 51.1 Å². The summed E-state index contributed by atoms with van der Waals surface area (Å²) in [5.74, 6) is 0.756. The van der Waals surface area contributed by atoms with Gasteiger partial charge in [-0.1, -0.05) is 36.4 Å². The van der Waals surface area contributed by atoms with Gasteiger partial charge in [0, 0.05) is 44.1 Å². The van der Waals surface area contributed by atoms with Gasteiger partial charge in [0.1, 0.15) is 0 Å². The van der Waals surface area contributed by atoms with Crippen molar-refractivity contribution >= 4 is 47.2 Å². The van der Waals surface area contributed by atoms with Crippen molar-refractivity contribution in [3.05, 3.63) is 60.2 Å². The number of rotatable bonds is 4. The zero-order valence-corrected chi connectivity index (χ0v) is 19.0. The van der Waals surface area contributed by atoms with Crippen molar-refractivity contribution in [2.75, 3.05) is 43.0 Å². The monoisotopic (exact) mass is 505 g/mol. The van der Waals surface area contributed by atoms with Gasteiger partial charge in [-0.2, -0.15) is 0 Å². The van der Waals surface area contributed by atoms with Crippen LogP contribution in [0.4, 0.5) is 11.4 Å². The maximum Gasteiger partial charge on any atom is 0.246 e. The van der Waals surface area contributed by atoms with Gasteiger partial charge in [0.05, 0.1) is 6.54 Å². The number of nitrogens with zero attached hydrogens (tertiary/aromatic N) is 3. The molecular weight excluding hydrogens is 477 g/mol. The van der Waals surface area contributed by atoms with Crippen LogP contribution in [0.2, 0.25) is 0 Å². The molecule has 6 nitrogen and oxygen atoms in total. The van der Waals surface area contributed by atoms with Crippen molar-refractivity contribution in [1.82, 2.24) is 10.6 Å². The minimum absolute atomic E-state index is 0. The predicted molar refractivity (Wildman–Crippen MR) is 129 cm³/mol. The summed E-state index contributed by atoms with van der Waals surface area (Å²) >= 11 is 0. The van der Waals surface area contributed by atoms with E-state index in [0.717, 1.165) is 38.2 Å². The molecule has 29 heavy (non-hydrogen) atoms. The molecule has 4 rings (SSSR count). The summed E-state index contributed by atoms with van der Waals surface area (Å²) in [6.45, 7) is 2.93. The van der Waals surface area contributed by atoms with Crippen LogP contribution in [0.5, 0.6) is 0 Å². The molecule has 2 aromatic rings. The first-order chi connectivity index (χ1) is 13.7. The number of hydrogen-bond donors (Lipinski definition) is 2. The highest BCUT2D eigenvalue weighted by molar-refractivity contribution is 14.0. The zero-order valence-electron chi connectivity index (χ0n) is 16.7. The second-order valence-electron chi connectivity index (χ2n) is 7.26. The Morgan fingerprint density at radius 3 is 2.66 bits per heavy atom. The molecule has 1 amide bonds. The third-order valence-corrected chi connectivity index (χ3v) is 5.47. The Morgan fingerprint density at radius 1 is 1.10 bits per heavy atom. The van der Waals surface area contributed by atoms with Gasteiger partial charge < -0.3 is 20.4 Å². The molecule has 0 radical (unpaired) electrons. The molecular formula is C22H28IN5O. The second-order valence-corrected chi connectivity index (χ2v) is 7.26. The molecule has 2 aliphatic heterocycles. The fourth-order valence-corrected chi connectivity index (χ4v) is 3.99. The average Bonchev–Trinajstić information content (AvgIpc) is 3.38. The van der Waals surface area contributed by atoms with Crippen molar-refractivity contribution in [2.24, 2.45) is 4.99 Å². The van der Waals surface area contributed by atoms with Crippen molar-refractivity contribution in [2.45, 2.75) is 18.9 Å². The summed E-state index contributed by atoms with van der Waals surface area (Å²) in [7, 11) is 1.74. The molecule has 0 bridgehead atoms. The summed E-state index contributed by atoms with van der Waals surface area (Å²) in [5, 5.41) is 6.64. The minimum atomic E-state index is 0. The number of carbonyl (C=O) groups excluding carboxylic acids is 1. The molecule has 1 saturated heterocycles. The maximum atomic E-state index is 12.7. The lowest BCUT2D eigenvalue weighted by Gasteiger charge is -2.21. The van der Waals surface area contributed by atoms with E-state index in [0.29, 0.717) is 12.0 Å². The van der Waals surface area contributed by atoms with E-state index in [9.17, 15) is 4.79 Å². The minimum Gasteiger partial charge on any atom is -0.369 e. The summed E-state index contributed by atoms with van der Waals surface area (Å²) in [6.07, 6.45) is 1.97. The van der Waals surface area contributed by atoms with Crippen LogP contribution in [0, 0.1) is 0 Å². The molecule has 0 aliphatic carbocycles. The third-order valence-electron chi connectivity index (χ3n) is 5.47. The quantitative estimate of drug-likeness (QED) is 0.381. The molecule has 1 atom stereocenters. The van der Waals surface area contributed by atoms with Gasteiger partial charge in [-0.05, 0) is 36.6 Å². The fraction of sp³-hybridized carbons (Fsp3) is 0.364. The van der Waals surface area contributed by atoms with E-state index in [-0.39, 0.29) is 36.4 Å². The number of hydrogen-bond acceptors (Lipinski definition) is 3. The fourth-order valence-electron chi connectivity index (χ4n) is 3.99. The summed E-state index contributed by atoms with van der Waals surface area (Å²) < 4.78 is 0. The number of guanidine groups is 1. The second kappa shape index (κ2) is 9.96. The van der Waals surface area contributed by atoms with Crippen molar-refractivity contribution in [1.29, 1.82) is 0 Å². The number of carbonyl (C=O) groups is 1. The van der Waals surface area contributed by atoms with E-state index >= 15 is 0 Å². The Morgan fingerprint density at radius 2 is 1.86 bits per heavy atom. The molecule has 0 spiro atoms. The Bertz CT molecular complexity index is 857. The predicted octanol–water partition coefficient (Wildman–Crippen LogP) is 2.64. The number of amides is 1. The van der Waals surface area contributed by atoms with Crippen LogP contribution in [0.1, 0.15) is 12.0 Å². The lowest BCUT2D eigenvalue weighted by molar-refractivity contribution is -0.117. The molecule has 1 unspecified atom stereocenters. The average molecular weight is 505 g/mol. The van der Waals surface area contributed by atoms with E-state index in [1.54, 1.807) is 7.05 Å². The number of nitrogens with one attached hydrogen (secondary N) is 2. The SMILES string of the molecule is CN=C(NCC(=O)N1CCc2ccccc21)NC1CCN(c2ccccc2)C1.I. The van der Waals surface area contributed by atoms with E-state index in [4.69, 9.17) is 0 Å². The molecule has 2 heterocycles. The number of fused-ring (bicyclic) bond motifs is 1. The molecule has 1 fully saturated rings. The number of benzene rings is 2. The van der Waals surface area contributed by atoms with Crippen LogP contribution in [-0.2, 0) is 11.2 Å². The third kappa shape index (κ3) is 5.01. The van der Waals surface area contributed by atoms with Gasteiger partial charge in [0.25, 0.3) is 0 Å². The first-order valence-electron chi connectivity index (χ1n) is 9.90. The van der Waals surface area contributed by atoms with Gasteiger partial charge >= 0.3 is 0 Å². The van der Waals surface area contributed by atoms with E-state index < -0.39 is 0 Å². The Labute approximate surface area is 189 Å². The normalized spacial score (nSPS) is 18.2. The Balaban J connectivity index is 0.00000240. The van der Waals surface area contributed by atoms with Crippen LogP contribution in [0.3, 0.4) is 0 Å². The van der Waals surface area contributed by atoms with E-state index in [1.165, 1.54) is 11.3 Å². The first kappa shape index (κ1) is 21.4. The van der Waals surface area contributed by atoms with E-state index in [1.807, 2.05) is 29.2 Å². The van der Waals surface area contributed by atoms with Gasteiger partial charge in [0.15, 0.2) is 5.96 Å². The topological polar surface area (TPSA) is 60.0 Å². The van der Waals surface area contributed by atoms with Crippen molar-refractivity contribution in [3.8, 4) is 0 Å². The van der Waals surface area contributed by atoms with Crippen molar-refractivity contribution in [3.63, 3.8) is 0 Å². The highest BCUT2D eigenvalue weighted by Gasteiger charge is 2.25. The number of para-hydroxylation sites is 2. The molecule has 2 aliphatic rings. The number of anilines is 2. The molecule has 2 aromatic carbocycles. The highest BCUT2D eigenvalue weighted by atomic mass is 127. The summed E-state index contributed by atoms with van der Waals surface area (Å²) in [6, 6.07) is 18.9. The summed E-state index contributed by atoms with van der Waals surface area (Å²) in [4.78, 5) is 21.2. The largest absolute Gasteiger partial charge is 0.369 e. The van der Waals surface area contributed by atoms with Gasteiger partial charge in [0.2, 0.25) is 5.91 Å². The van der Waals surface area contributed by atoms with E-state index in [2.05, 4.69) is 50.9 Å². The summed E-state index contributed by atoms with van der Waals surface area (Å²) in [5.41, 5.74) is 3.52. The highest BCUT2D eigenvalue weighted by Crippen LogP contribution is 2.27. The maximum absolute atomic E-state index is 12.7. The van der Waals surface area contributed by atoms with Gasteiger partial charge in [-0.15, -0.1) is 24.0 Å². The molecule has 2 N–H and O–H groups in total. The Hall–Kier alpha value is -2.29. The van der Waals surface area contributed by atoms with Crippen LogP contribution in [0.25, 0.3) is 0 Å². The van der Waals surface area contributed by atoms with Gasteiger partial charge in [-0.3, -0.25) is 9.79 Å². The van der Waals surface area contributed by atoms with Crippen LogP contribution < -0.4 is 20.4 Å². The molecule has 0 aromatic heterocycles. The lowest BCUT2D eigenvalue weighted by atomic mass is 10.2. The Kier molecular flexibility index (Phi) is 7.35. The number of halogens is 1. The zero-order chi connectivity index (χ0) is 19.3.